The SMILES string of the molecule is OCCCOCC1=C(I)CC=C1. The second kappa shape index (κ2) is 5.72. The second-order valence-corrected chi connectivity index (χ2v) is 3.97. The van der Waals surface area contributed by atoms with Crippen LogP contribution in [0.25, 0.3) is 0 Å². The van der Waals surface area contributed by atoms with Crippen LogP contribution in [0.5, 0.6) is 0 Å². The minimum Gasteiger partial charge on any atom is -0.396 e. The largest absolute Gasteiger partial charge is 0.396 e. The van der Waals surface area contributed by atoms with Crippen molar-refractivity contribution in [3.05, 3.63) is 21.3 Å². The van der Waals surface area contributed by atoms with Crippen LogP contribution in [0.1, 0.15) is 12.8 Å². The second-order valence-electron chi connectivity index (χ2n) is 2.67. The van der Waals surface area contributed by atoms with Crippen molar-refractivity contribution < 1.29 is 9.84 Å². The maximum atomic E-state index is 8.50. The first-order valence-electron chi connectivity index (χ1n) is 4.07. The Morgan fingerprint density at radius 2 is 2.42 bits per heavy atom. The monoisotopic (exact) mass is 280 g/mol. The van der Waals surface area contributed by atoms with E-state index in [1.807, 2.05) is 0 Å². The Morgan fingerprint density at radius 3 is 3.00 bits per heavy atom. The molecule has 3 heteroatoms. The van der Waals surface area contributed by atoms with Gasteiger partial charge >= 0.3 is 0 Å². The summed E-state index contributed by atoms with van der Waals surface area (Å²) < 4.78 is 6.73. The Morgan fingerprint density at radius 1 is 1.58 bits per heavy atom. The van der Waals surface area contributed by atoms with E-state index >= 15 is 0 Å². The number of aliphatic hydroxyl groups excluding tert-OH is 1. The van der Waals surface area contributed by atoms with Gasteiger partial charge in [0, 0.05) is 13.2 Å². The number of rotatable bonds is 5. The minimum atomic E-state index is 0.214. The zero-order chi connectivity index (χ0) is 8.81. The normalized spacial score (nSPS) is 16.2. The number of allylic oxidation sites excluding steroid dienone is 2. The molecule has 1 aliphatic carbocycles. The predicted octanol–water partition coefficient (Wildman–Crippen LogP) is 2.03. The van der Waals surface area contributed by atoms with Crippen LogP contribution in [0.15, 0.2) is 21.3 Å². The van der Waals surface area contributed by atoms with E-state index in [2.05, 4.69) is 34.7 Å². The van der Waals surface area contributed by atoms with Crippen LogP contribution in [-0.2, 0) is 4.74 Å². The highest BCUT2D eigenvalue weighted by molar-refractivity contribution is 14.1. The highest BCUT2D eigenvalue weighted by atomic mass is 127. The maximum absolute atomic E-state index is 8.50. The average Bonchev–Trinajstić information content (AvgIpc) is 2.46. The molecule has 1 aliphatic rings. The summed E-state index contributed by atoms with van der Waals surface area (Å²) in [5, 5.41) is 8.50. The Bertz CT molecular complexity index is 197. The van der Waals surface area contributed by atoms with Gasteiger partial charge in [-0.1, -0.05) is 12.2 Å². The van der Waals surface area contributed by atoms with Gasteiger partial charge in [0.05, 0.1) is 6.61 Å². The Balaban J connectivity index is 2.14. The lowest BCUT2D eigenvalue weighted by molar-refractivity contribution is 0.135. The molecular formula is C9H13IO2. The van der Waals surface area contributed by atoms with Crippen LogP contribution in [0.4, 0.5) is 0 Å². The topological polar surface area (TPSA) is 29.5 Å². The first kappa shape index (κ1) is 10.2. The van der Waals surface area contributed by atoms with Crippen LogP contribution in [0.2, 0.25) is 0 Å². The first-order chi connectivity index (χ1) is 5.84. The molecule has 0 saturated heterocycles. The zero-order valence-corrected chi connectivity index (χ0v) is 9.08. The first-order valence-corrected chi connectivity index (χ1v) is 5.15. The molecule has 68 valence electrons. The van der Waals surface area contributed by atoms with Crippen molar-refractivity contribution in [3.63, 3.8) is 0 Å². The summed E-state index contributed by atoms with van der Waals surface area (Å²) in [5.74, 6) is 0. The summed E-state index contributed by atoms with van der Waals surface area (Å²) in [6, 6.07) is 0. The molecule has 0 aromatic carbocycles. The average molecular weight is 280 g/mol. The molecule has 2 nitrogen and oxygen atoms in total. The number of hydrogen-bond donors (Lipinski definition) is 1. The summed E-state index contributed by atoms with van der Waals surface area (Å²) >= 11 is 2.34. The van der Waals surface area contributed by atoms with Crippen molar-refractivity contribution in [1.29, 1.82) is 0 Å². The standard InChI is InChI=1S/C9H13IO2/c10-9-4-1-3-8(9)7-12-6-2-5-11/h1,3,11H,2,4-7H2. The van der Waals surface area contributed by atoms with Crippen LogP contribution in [0.3, 0.4) is 0 Å². The quantitative estimate of drug-likeness (QED) is 0.617. The third-order valence-corrected chi connectivity index (χ3v) is 2.80. The lowest BCUT2D eigenvalue weighted by atomic mass is 10.3. The van der Waals surface area contributed by atoms with Crippen LogP contribution in [-0.4, -0.2) is 24.9 Å². The molecule has 1 rings (SSSR count). The van der Waals surface area contributed by atoms with Crippen molar-refractivity contribution in [1.82, 2.24) is 0 Å². The maximum Gasteiger partial charge on any atom is 0.0723 e. The van der Waals surface area contributed by atoms with Crippen molar-refractivity contribution in [2.24, 2.45) is 0 Å². The van der Waals surface area contributed by atoms with Crippen molar-refractivity contribution in [3.8, 4) is 0 Å². The molecule has 0 unspecified atom stereocenters. The molecule has 0 saturated carbocycles. The molecule has 0 aromatic rings. The molecule has 0 amide bonds. The molecule has 12 heavy (non-hydrogen) atoms. The van der Waals surface area contributed by atoms with E-state index in [1.165, 1.54) is 9.15 Å². The summed E-state index contributed by atoms with van der Waals surface area (Å²) in [5.41, 5.74) is 1.29. The molecule has 0 atom stereocenters. The number of hydrogen-bond acceptors (Lipinski definition) is 2. The zero-order valence-electron chi connectivity index (χ0n) is 6.92. The van der Waals surface area contributed by atoms with Gasteiger partial charge in [-0.15, -0.1) is 0 Å². The lowest BCUT2D eigenvalue weighted by Gasteiger charge is -2.03. The molecule has 0 radical (unpaired) electrons. The van der Waals surface area contributed by atoms with E-state index in [0.29, 0.717) is 13.2 Å². The van der Waals surface area contributed by atoms with Crippen LogP contribution >= 0.6 is 22.6 Å². The van der Waals surface area contributed by atoms with Crippen molar-refractivity contribution >= 4 is 22.6 Å². The summed E-state index contributed by atoms with van der Waals surface area (Å²) in [7, 11) is 0. The highest BCUT2D eigenvalue weighted by Crippen LogP contribution is 2.24. The molecule has 0 aliphatic heterocycles. The van der Waals surface area contributed by atoms with E-state index in [-0.39, 0.29) is 6.61 Å². The van der Waals surface area contributed by atoms with E-state index in [9.17, 15) is 0 Å². The fraction of sp³-hybridized carbons (Fsp3) is 0.556. The molecular weight excluding hydrogens is 267 g/mol. The lowest BCUT2D eigenvalue weighted by Crippen LogP contribution is -2.00. The van der Waals surface area contributed by atoms with Gasteiger partial charge in [-0.25, -0.2) is 0 Å². The van der Waals surface area contributed by atoms with Crippen LogP contribution < -0.4 is 0 Å². The highest BCUT2D eigenvalue weighted by Gasteiger charge is 2.05. The third kappa shape index (κ3) is 3.25. The third-order valence-electron chi connectivity index (χ3n) is 1.67. The van der Waals surface area contributed by atoms with Gasteiger partial charge in [-0.05, 0) is 44.6 Å². The van der Waals surface area contributed by atoms with Gasteiger partial charge in [-0.3, -0.25) is 0 Å². The number of ether oxygens (including phenoxy) is 1. The van der Waals surface area contributed by atoms with Gasteiger partial charge in [0.1, 0.15) is 0 Å². The van der Waals surface area contributed by atoms with E-state index in [0.717, 1.165) is 12.8 Å². The molecule has 0 heterocycles. The summed E-state index contributed by atoms with van der Waals surface area (Å²) in [4.78, 5) is 0. The Labute approximate surface area is 86.4 Å². The molecule has 0 fully saturated rings. The molecule has 0 aromatic heterocycles. The predicted molar refractivity (Wildman–Crippen MR) is 57.3 cm³/mol. The van der Waals surface area contributed by atoms with E-state index in [4.69, 9.17) is 9.84 Å². The smallest absolute Gasteiger partial charge is 0.0723 e. The van der Waals surface area contributed by atoms with Gasteiger partial charge in [0.2, 0.25) is 0 Å². The van der Waals surface area contributed by atoms with E-state index < -0.39 is 0 Å². The van der Waals surface area contributed by atoms with Gasteiger partial charge in [0.15, 0.2) is 0 Å². The van der Waals surface area contributed by atoms with Crippen molar-refractivity contribution in [2.75, 3.05) is 19.8 Å². The van der Waals surface area contributed by atoms with Crippen molar-refractivity contribution in [2.45, 2.75) is 12.8 Å². The molecule has 1 N–H and O–H groups in total. The molecule has 0 spiro atoms. The fourth-order valence-electron chi connectivity index (χ4n) is 1.00. The summed E-state index contributed by atoms with van der Waals surface area (Å²) in [6.07, 6.45) is 6.04. The minimum absolute atomic E-state index is 0.214. The van der Waals surface area contributed by atoms with Gasteiger partial charge in [-0.2, -0.15) is 0 Å². The Hall–Kier alpha value is 0.130. The van der Waals surface area contributed by atoms with Gasteiger partial charge in [0.25, 0.3) is 0 Å². The van der Waals surface area contributed by atoms with Gasteiger partial charge < -0.3 is 9.84 Å². The number of halogens is 1. The molecule has 0 bridgehead atoms. The fourth-order valence-corrected chi connectivity index (χ4v) is 1.59. The van der Waals surface area contributed by atoms with E-state index in [1.54, 1.807) is 0 Å². The van der Waals surface area contributed by atoms with Crippen LogP contribution in [0, 0.1) is 0 Å². The Kier molecular flexibility index (Phi) is 4.87. The summed E-state index contributed by atoms with van der Waals surface area (Å²) in [6.45, 7) is 1.55. The number of aliphatic hydroxyl groups is 1.